The number of hydrogen-bond acceptors (Lipinski definition) is 3. The molecule has 0 radical (unpaired) electrons. The molecule has 0 atom stereocenters. The lowest BCUT2D eigenvalue weighted by Crippen LogP contribution is -2.34. The van der Waals surface area contributed by atoms with E-state index in [1.54, 1.807) is 0 Å². The van der Waals surface area contributed by atoms with Gasteiger partial charge in [0, 0.05) is 6.54 Å². The molecule has 2 fully saturated rings. The second-order valence-corrected chi connectivity index (χ2v) is 9.79. The Labute approximate surface area is 170 Å². The number of piperidine rings is 1. The average Bonchev–Trinajstić information content (AvgIpc) is 2.67. The average molecular weight is 388 g/mol. The van der Waals surface area contributed by atoms with E-state index in [9.17, 15) is 4.79 Å². The maximum Gasteiger partial charge on any atom is 0.304 e. The van der Waals surface area contributed by atoms with Crippen molar-refractivity contribution in [3.63, 3.8) is 0 Å². The topological polar surface area (TPSA) is 49.8 Å². The number of ether oxygens (including phenoxy) is 1. The zero-order valence-corrected chi connectivity index (χ0v) is 17.8. The van der Waals surface area contributed by atoms with Crippen LogP contribution in [0.25, 0.3) is 0 Å². The van der Waals surface area contributed by atoms with E-state index in [1.165, 1.54) is 31.2 Å². The van der Waals surface area contributed by atoms with Crippen LogP contribution in [0.1, 0.15) is 77.2 Å². The summed E-state index contributed by atoms with van der Waals surface area (Å²) in [5.41, 5.74) is 1.80. The summed E-state index contributed by atoms with van der Waals surface area (Å²) in [6.07, 6.45) is 7.69. The fourth-order valence-corrected chi connectivity index (χ4v) is 4.80. The molecule has 1 N–H and O–H groups in total. The van der Waals surface area contributed by atoms with E-state index in [0.29, 0.717) is 24.0 Å². The summed E-state index contributed by atoms with van der Waals surface area (Å²) in [6.45, 7) is 9.73. The largest absolute Gasteiger partial charge is 0.490 e. The van der Waals surface area contributed by atoms with E-state index >= 15 is 0 Å². The molecule has 2 aliphatic rings. The van der Waals surface area contributed by atoms with Gasteiger partial charge in [-0.1, -0.05) is 32.9 Å². The number of hydrogen-bond donors (Lipinski definition) is 1. The highest BCUT2D eigenvalue weighted by Crippen LogP contribution is 2.39. The lowest BCUT2D eigenvalue weighted by molar-refractivity contribution is -0.137. The number of rotatable bonds is 6. The number of benzene rings is 1. The minimum absolute atomic E-state index is 0.244. The van der Waals surface area contributed by atoms with Crippen molar-refractivity contribution in [1.82, 2.24) is 4.90 Å². The monoisotopic (exact) mass is 387 g/mol. The highest BCUT2D eigenvalue weighted by molar-refractivity contribution is 5.66. The summed E-state index contributed by atoms with van der Waals surface area (Å²) in [5.74, 6) is 1.69. The molecular formula is C24H37NO3. The molecule has 28 heavy (non-hydrogen) atoms. The van der Waals surface area contributed by atoms with Gasteiger partial charge in [-0.3, -0.25) is 4.79 Å². The van der Waals surface area contributed by atoms with E-state index in [4.69, 9.17) is 9.84 Å². The van der Waals surface area contributed by atoms with Crippen molar-refractivity contribution in [2.75, 3.05) is 19.6 Å². The zero-order valence-electron chi connectivity index (χ0n) is 17.8. The Balaban J connectivity index is 1.44. The first kappa shape index (κ1) is 21.2. The van der Waals surface area contributed by atoms with Crippen molar-refractivity contribution < 1.29 is 14.6 Å². The normalized spacial score (nSPS) is 24.8. The molecule has 1 heterocycles. The molecule has 0 unspecified atom stereocenters. The maximum absolute atomic E-state index is 10.7. The fraction of sp³-hybridized carbons (Fsp3) is 0.708. The minimum Gasteiger partial charge on any atom is -0.490 e. The smallest absolute Gasteiger partial charge is 0.304 e. The van der Waals surface area contributed by atoms with Crippen LogP contribution in [0.15, 0.2) is 24.3 Å². The van der Waals surface area contributed by atoms with Gasteiger partial charge in [0.05, 0.1) is 12.5 Å². The highest BCUT2D eigenvalue weighted by atomic mass is 16.5. The van der Waals surface area contributed by atoms with Crippen LogP contribution in [-0.2, 0) is 4.79 Å². The van der Waals surface area contributed by atoms with E-state index in [0.717, 1.165) is 37.6 Å². The Bertz CT molecular complexity index is 618. The predicted molar refractivity (Wildman–Crippen MR) is 113 cm³/mol. The number of likely N-dealkylation sites (tertiary alicyclic amines) is 1. The van der Waals surface area contributed by atoms with Gasteiger partial charge in [0.15, 0.2) is 0 Å². The molecule has 156 valence electrons. The molecule has 4 nitrogen and oxygen atoms in total. The summed E-state index contributed by atoms with van der Waals surface area (Å²) in [4.78, 5) is 13.0. The molecule has 1 aromatic carbocycles. The van der Waals surface area contributed by atoms with Crippen LogP contribution in [0.5, 0.6) is 5.75 Å². The predicted octanol–water partition coefficient (Wildman–Crippen LogP) is 5.32. The first-order valence-corrected chi connectivity index (χ1v) is 11.0. The SMILES string of the molecule is CC(C)(C)C1CCC(Oc2ccc(C3CCN(CCC(=O)O)CC3)cc2)CC1. The number of carboxylic acid groups (broad SMARTS) is 1. The zero-order chi connectivity index (χ0) is 20.1. The van der Waals surface area contributed by atoms with Crippen LogP contribution in [0.3, 0.4) is 0 Å². The molecule has 0 bridgehead atoms. The molecule has 1 aliphatic heterocycles. The Kier molecular flexibility index (Phi) is 7.03. The highest BCUT2D eigenvalue weighted by Gasteiger charge is 2.30. The van der Waals surface area contributed by atoms with Gasteiger partial charge in [-0.25, -0.2) is 0 Å². The van der Waals surface area contributed by atoms with Crippen LogP contribution in [0, 0.1) is 11.3 Å². The third-order valence-corrected chi connectivity index (χ3v) is 6.78. The third-order valence-electron chi connectivity index (χ3n) is 6.78. The second-order valence-electron chi connectivity index (χ2n) is 9.79. The molecule has 3 rings (SSSR count). The first-order valence-electron chi connectivity index (χ1n) is 11.0. The van der Waals surface area contributed by atoms with Crippen LogP contribution < -0.4 is 4.74 Å². The molecule has 1 aromatic rings. The summed E-state index contributed by atoms with van der Waals surface area (Å²) < 4.78 is 6.27. The number of carboxylic acids is 1. The van der Waals surface area contributed by atoms with Gasteiger partial charge in [-0.2, -0.15) is 0 Å². The summed E-state index contributed by atoms with van der Waals surface area (Å²) in [5, 5.41) is 8.83. The van der Waals surface area contributed by atoms with E-state index in [-0.39, 0.29) is 6.42 Å². The van der Waals surface area contributed by atoms with Crippen molar-refractivity contribution >= 4 is 5.97 Å². The second kappa shape index (κ2) is 9.30. The molecule has 1 saturated carbocycles. The number of nitrogens with zero attached hydrogens (tertiary/aromatic N) is 1. The van der Waals surface area contributed by atoms with Crippen LogP contribution in [0.2, 0.25) is 0 Å². The van der Waals surface area contributed by atoms with E-state index in [2.05, 4.69) is 49.9 Å². The summed E-state index contributed by atoms with van der Waals surface area (Å²) >= 11 is 0. The third kappa shape index (κ3) is 5.97. The van der Waals surface area contributed by atoms with Gasteiger partial charge in [0.1, 0.15) is 5.75 Å². The van der Waals surface area contributed by atoms with E-state index in [1.807, 2.05) is 0 Å². The minimum atomic E-state index is -0.704. The van der Waals surface area contributed by atoms with Crippen molar-refractivity contribution in [2.45, 2.75) is 77.7 Å². The van der Waals surface area contributed by atoms with Gasteiger partial charge in [-0.15, -0.1) is 0 Å². The van der Waals surface area contributed by atoms with Crippen molar-refractivity contribution in [3.8, 4) is 5.75 Å². The molecular weight excluding hydrogens is 350 g/mol. The van der Waals surface area contributed by atoms with Gasteiger partial charge in [0.25, 0.3) is 0 Å². The maximum atomic E-state index is 10.7. The first-order chi connectivity index (χ1) is 13.3. The Morgan fingerprint density at radius 1 is 1.04 bits per heavy atom. The van der Waals surface area contributed by atoms with Crippen molar-refractivity contribution in [3.05, 3.63) is 29.8 Å². The van der Waals surface area contributed by atoms with Gasteiger partial charge >= 0.3 is 5.97 Å². The van der Waals surface area contributed by atoms with Gasteiger partial charge < -0.3 is 14.7 Å². The standard InChI is InChI=1S/C24H37NO3/c1-24(2,3)20-6-10-22(11-7-20)28-21-8-4-18(5-9-21)19-12-15-25(16-13-19)17-14-23(26)27/h4-5,8-9,19-20,22H,6-7,10-17H2,1-3H3,(H,26,27). The Hall–Kier alpha value is -1.55. The molecule has 0 amide bonds. The molecule has 1 aliphatic carbocycles. The lowest BCUT2D eigenvalue weighted by atomic mass is 9.72. The Morgan fingerprint density at radius 2 is 1.64 bits per heavy atom. The summed E-state index contributed by atoms with van der Waals surface area (Å²) in [7, 11) is 0. The van der Waals surface area contributed by atoms with Gasteiger partial charge in [0.2, 0.25) is 0 Å². The van der Waals surface area contributed by atoms with Crippen molar-refractivity contribution in [2.24, 2.45) is 11.3 Å². The van der Waals surface area contributed by atoms with Crippen LogP contribution in [0.4, 0.5) is 0 Å². The number of aliphatic carboxylic acids is 1. The fourth-order valence-electron chi connectivity index (χ4n) is 4.80. The number of carbonyl (C=O) groups is 1. The quantitative estimate of drug-likeness (QED) is 0.717. The Morgan fingerprint density at radius 3 is 2.18 bits per heavy atom. The van der Waals surface area contributed by atoms with Crippen LogP contribution in [-0.4, -0.2) is 41.7 Å². The molecule has 0 aromatic heterocycles. The van der Waals surface area contributed by atoms with Crippen molar-refractivity contribution in [1.29, 1.82) is 0 Å². The lowest BCUT2D eigenvalue weighted by Gasteiger charge is -2.37. The van der Waals surface area contributed by atoms with Crippen LogP contribution >= 0.6 is 0 Å². The molecule has 0 spiro atoms. The van der Waals surface area contributed by atoms with Gasteiger partial charge in [-0.05, 0) is 86.6 Å². The molecule has 1 saturated heterocycles. The van der Waals surface area contributed by atoms with E-state index < -0.39 is 5.97 Å². The summed E-state index contributed by atoms with van der Waals surface area (Å²) in [6, 6.07) is 8.74. The molecule has 4 heteroatoms.